The Bertz CT molecular complexity index is 376. The van der Waals surface area contributed by atoms with Crippen molar-refractivity contribution in [2.75, 3.05) is 13.2 Å². The maximum atomic E-state index is 6.18. The van der Waals surface area contributed by atoms with Crippen LogP contribution in [0.25, 0.3) is 0 Å². The predicted molar refractivity (Wildman–Crippen MR) is 73.9 cm³/mol. The summed E-state index contributed by atoms with van der Waals surface area (Å²) >= 11 is 6.18. The van der Waals surface area contributed by atoms with Crippen molar-refractivity contribution < 1.29 is 4.74 Å². The van der Waals surface area contributed by atoms with Crippen LogP contribution in [0.5, 0.6) is 5.75 Å². The van der Waals surface area contributed by atoms with E-state index in [1.54, 1.807) is 0 Å². The molecule has 0 aliphatic rings. The Hall–Kier alpha value is -0.990. The summed E-state index contributed by atoms with van der Waals surface area (Å²) in [4.78, 5) is 0. The Kier molecular flexibility index (Phi) is 6.09. The highest BCUT2D eigenvalue weighted by Gasteiger charge is 2.07. The average molecular weight is 254 g/mol. The largest absolute Gasteiger partial charge is 0.488 e. The first kappa shape index (κ1) is 14.1. The number of nitrogens with one attached hydrogen (secondary N) is 1. The molecule has 0 saturated heterocycles. The van der Waals surface area contributed by atoms with E-state index in [0.29, 0.717) is 17.7 Å². The van der Waals surface area contributed by atoms with Crippen molar-refractivity contribution >= 4 is 11.6 Å². The molecule has 0 aliphatic carbocycles. The van der Waals surface area contributed by atoms with Gasteiger partial charge in [0, 0.05) is 6.04 Å². The number of hydrogen-bond acceptors (Lipinski definition) is 2. The van der Waals surface area contributed by atoms with E-state index < -0.39 is 0 Å². The normalized spacial score (nSPS) is 12.9. The van der Waals surface area contributed by atoms with Crippen LogP contribution in [0.3, 0.4) is 0 Å². The second kappa shape index (κ2) is 7.36. The van der Waals surface area contributed by atoms with Crippen LogP contribution in [0.4, 0.5) is 0 Å². The fourth-order valence-corrected chi connectivity index (χ4v) is 1.81. The van der Waals surface area contributed by atoms with Gasteiger partial charge in [-0.1, -0.05) is 36.7 Å². The van der Waals surface area contributed by atoms with Crippen molar-refractivity contribution in [1.82, 2.24) is 5.32 Å². The Morgan fingerprint density at radius 1 is 1.47 bits per heavy atom. The van der Waals surface area contributed by atoms with Gasteiger partial charge in [-0.05, 0) is 38.1 Å². The van der Waals surface area contributed by atoms with Gasteiger partial charge in [0.15, 0.2) is 0 Å². The van der Waals surface area contributed by atoms with Crippen LogP contribution in [0.1, 0.15) is 32.4 Å². The van der Waals surface area contributed by atoms with E-state index in [-0.39, 0.29) is 0 Å². The van der Waals surface area contributed by atoms with Crippen LogP contribution in [0.15, 0.2) is 30.4 Å². The summed E-state index contributed by atoms with van der Waals surface area (Å²) in [5.74, 6) is 0.734. The molecule has 1 atom stereocenters. The number of allylic oxidation sites excluding steroid dienone is 1. The second-order valence-corrected chi connectivity index (χ2v) is 4.26. The van der Waals surface area contributed by atoms with Gasteiger partial charge in [-0.2, -0.15) is 0 Å². The van der Waals surface area contributed by atoms with Gasteiger partial charge in [0.25, 0.3) is 0 Å². The lowest BCUT2D eigenvalue weighted by Gasteiger charge is -2.14. The van der Waals surface area contributed by atoms with Crippen LogP contribution in [0, 0.1) is 0 Å². The average Bonchev–Trinajstić information content (AvgIpc) is 2.31. The van der Waals surface area contributed by atoms with E-state index in [1.807, 2.05) is 37.3 Å². The second-order valence-electron chi connectivity index (χ2n) is 3.85. The maximum Gasteiger partial charge on any atom is 0.138 e. The van der Waals surface area contributed by atoms with E-state index >= 15 is 0 Å². The summed E-state index contributed by atoms with van der Waals surface area (Å²) in [6.45, 7) is 7.67. The molecule has 0 aromatic heterocycles. The third-order valence-corrected chi connectivity index (χ3v) is 2.83. The molecule has 0 aliphatic heterocycles. The zero-order valence-corrected chi connectivity index (χ0v) is 11.4. The van der Waals surface area contributed by atoms with Crippen molar-refractivity contribution in [3.63, 3.8) is 0 Å². The van der Waals surface area contributed by atoms with Crippen LogP contribution >= 0.6 is 11.6 Å². The molecule has 1 unspecified atom stereocenters. The summed E-state index contributed by atoms with van der Waals surface area (Å²) < 4.78 is 5.53. The van der Waals surface area contributed by atoms with E-state index in [1.165, 1.54) is 5.56 Å². The fraction of sp³-hybridized carbons (Fsp3) is 0.429. The zero-order chi connectivity index (χ0) is 12.7. The van der Waals surface area contributed by atoms with Crippen molar-refractivity contribution in [3.8, 4) is 5.75 Å². The quantitative estimate of drug-likeness (QED) is 0.775. The number of rotatable bonds is 6. The first-order chi connectivity index (χ1) is 8.19. The molecule has 3 heteroatoms. The summed E-state index contributed by atoms with van der Waals surface area (Å²) in [5.41, 5.74) is 1.18. The van der Waals surface area contributed by atoms with Crippen molar-refractivity contribution in [2.24, 2.45) is 0 Å². The lowest BCUT2D eigenvalue weighted by atomic mass is 10.1. The molecule has 1 aromatic carbocycles. The van der Waals surface area contributed by atoms with Gasteiger partial charge >= 0.3 is 0 Å². The van der Waals surface area contributed by atoms with Crippen LogP contribution in [0.2, 0.25) is 5.02 Å². The van der Waals surface area contributed by atoms with Gasteiger partial charge in [0.1, 0.15) is 12.4 Å². The van der Waals surface area contributed by atoms with Crippen LogP contribution < -0.4 is 10.1 Å². The Labute approximate surface area is 109 Å². The summed E-state index contributed by atoms with van der Waals surface area (Å²) in [5, 5.41) is 4.01. The molecule has 1 aromatic rings. The van der Waals surface area contributed by atoms with Gasteiger partial charge in [0.2, 0.25) is 0 Å². The third-order valence-electron chi connectivity index (χ3n) is 2.54. The number of benzene rings is 1. The minimum Gasteiger partial charge on any atom is -0.488 e. The van der Waals surface area contributed by atoms with E-state index in [2.05, 4.69) is 19.2 Å². The van der Waals surface area contributed by atoms with Gasteiger partial charge in [-0.15, -0.1) is 0 Å². The monoisotopic (exact) mass is 253 g/mol. The van der Waals surface area contributed by atoms with E-state index in [9.17, 15) is 0 Å². The van der Waals surface area contributed by atoms with Crippen LogP contribution in [-0.4, -0.2) is 13.2 Å². The molecule has 2 nitrogen and oxygen atoms in total. The Morgan fingerprint density at radius 3 is 2.82 bits per heavy atom. The number of ether oxygens (including phenoxy) is 1. The van der Waals surface area contributed by atoms with Gasteiger partial charge in [-0.3, -0.25) is 0 Å². The highest BCUT2D eigenvalue weighted by molar-refractivity contribution is 6.32. The molecule has 1 rings (SSSR count). The predicted octanol–water partition coefficient (Wildman–Crippen LogP) is 3.97. The maximum absolute atomic E-state index is 6.18. The van der Waals surface area contributed by atoms with Crippen molar-refractivity contribution in [2.45, 2.75) is 26.8 Å². The number of halogens is 1. The molecule has 1 N–H and O–H groups in total. The van der Waals surface area contributed by atoms with Crippen molar-refractivity contribution in [1.29, 1.82) is 0 Å². The highest BCUT2D eigenvalue weighted by Crippen LogP contribution is 2.27. The van der Waals surface area contributed by atoms with Crippen LogP contribution in [-0.2, 0) is 0 Å². The van der Waals surface area contributed by atoms with E-state index in [4.69, 9.17) is 16.3 Å². The number of hydrogen-bond donors (Lipinski definition) is 1. The van der Waals surface area contributed by atoms with E-state index in [0.717, 1.165) is 12.3 Å². The molecule has 0 radical (unpaired) electrons. The van der Waals surface area contributed by atoms with Gasteiger partial charge < -0.3 is 10.1 Å². The fourth-order valence-electron chi connectivity index (χ4n) is 1.56. The molecule has 0 amide bonds. The standard InChI is InChI=1S/C14H20ClNO/c1-4-6-9-17-14-8-7-12(10-13(14)15)11(3)16-5-2/h4,6-8,10-11,16H,5,9H2,1-3H3/b6-4+. The zero-order valence-electron chi connectivity index (χ0n) is 10.7. The Balaban J connectivity index is 2.71. The smallest absolute Gasteiger partial charge is 0.138 e. The molecule has 0 fully saturated rings. The first-order valence-electron chi connectivity index (χ1n) is 5.95. The highest BCUT2D eigenvalue weighted by atomic mass is 35.5. The molecular weight excluding hydrogens is 234 g/mol. The Morgan fingerprint density at radius 2 is 2.24 bits per heavy atom. The summed E-state index contributed by atoms with van der Waals surface area (Å²) in [7, 11) is 0. The molecule has 94 valence electrons. The lowest BCUT2D eigenvalue weighted by molar-refractivity contribution is 0.362. The molecule has 0 bridgehead atoms. The lowest BCUT2D eigenvalue weighted by Crippen LogP contribution is -2.17. The molecule has 0 heterocycles. The molecule has 0 spiro atoms. The summed E-state index contributed by atoms with van der Waals surface area (Å²) in [6, 6.07) is 6.24. The first-order valence-corrected chi connectivity index (χ1v) is 6.33. The minimum absolute atomic E-state index is 0.307. The van der Waals surface area contributed by atoms with Gasteiger partial charge in [-0.25, -0.2) is 0 Å². The molecule has 17 heavy (non-hydrogen) atoms. The minimum atomic E-state index is 0.307. The van der Waals surface area contributed by atoms with Gasteiger partial charge in [0.05, 0.1) is 5.02 Å². The SMILES string of the molecule is C/C=C/COc1ccc(C(C)NCC)cc1Cl. The summed E-state index contributed by atoms with van der Waals surface area (Å²) in [6.07, 6.45) is 3.90. The molecule has 0 saturated carbocycles. The third kappa shape index (κ3) is 4.41. The topological polar surface area (TPSA) is 21.3 Å². The van der Waals surface area contributed by atoms with Crippen molar-refractivity contribution in [3.05, 3.63) is 40.9 Å². The molecular formula is C14H20ClNO.